The fourth-order valence-corrected chi connectivity index (χ4v) is 3.58. The Morgan fingerprint density at radius 3 is 2.65 bits per heavy atom. The van der Waals surface area contributed by atoms with Gasteiger partial charge in [-0.1, -0.05) is 0 Å². The fourth-order valence-electron chi connectivity index (χ4n) is 3.58. The molecule has 0 radical (unpaired) electrons. The molecule has 2 aliphatic rings. The molecule has 0 aromatic heterocycles. The molecule has 3 atom stereocenters. The van der Waals surface area contributed by atoms with E-state index in [2.05, 4.69) is 26.1 Å². The van der Waals surface area contributed by atoms with Crippen molar-refractivity contribution in [3.8, 4) is 0 Å². The molecule has 0 bridgehead atoms. The van der Waals surface area contributed by atoms with Crippen LogP contribution in [0, 0.1) is 5.41 Å². The van der Waals surface area contributed by atoms with Crippen LogP contribution in [0.25, 0.3) is 0 Å². The summed E-state index contributed by atoms with van der Waals surface area (Å²) in [6.07, 6.45) is 5.29. The maximum Gasteiger partial charge on any atom is 0.0631 e. The van der Waals surface area contributed by atoms with Gasteiger partial charge in [0.2, 0.25) is 0 Å². The lowest BCUT2D eigenvalue weighted by Crippen LogP contribution is -2.43. The molecule has 2 saturated heterocycles. The van der Waals surface area contributed by atoms with Crippen LogP contribution in [-0.2, 0) is 14.2 Å². The van der Waals surface area contributed by atoms with Gasteiger partial charge in [0.05, 0.1) is 24.4 Å². The van der Waals surface area contributed by atoms with E-state index in [9.17, 15) is 0 Å². The zero-order valence-corrected chi connectivity index (χ0v) is 13.5. The molecule has 0 spiro atoms. The molecule has 4 heteroatoms. The normalized spacial score (nSPS) is 36.6. The van der Waals surface area contributed by atoms with Crippen molar-refractivity contribution < 1.29 is 14.2 Å². The highest BCUT2D eigenvalue weighted by Gasteiger charge is 2.45. The topological polar surface area (TPSA) is 39.7 Å². The fraction of sp³-hybridized carbons (Fsp3) is 1.00. The van der Waals surface area contributed by atoms with Crippen LogP contribution in [0.1, 0.15) is 46.5 Å². The molecule has 4 nitrogen and oxygen atoms in total. The Labute approximate surface area is 123 Å². The van der Waals surface area contributed by atoms with Crippen LogP contribution in [0.15, 0.2) is 0 Å². The number of hydrogen-bond donors (Lipinski definition) is 1. The number of hydrogen-bond acceptors (Lipinski definition) is 4. The Bertz CT molecular complexity index is 308. The van der Waals surface area contributed by atoms with Gasteiger partial charge < -0.3 is 19.5 Å². The monoisotopic (exact) mass is 285 g/mol. The largest absolute Gasteiger partial charge is 0.383 e. The zero-order valence-electron chi connectivity index (χ0n) is 13.5. The minimum absolute atomic E-state index is 0.0536. The van der Waals surface area contributed by atoms with Crippen molar-refractivity contribution in [3.05, 3.63) is 0 Å². The van der Waals surface area contributed by atoms with Crippen LogP contribution >= 0.6 is 0 Å². The molecule has 20 heavy (non-hydrogen) atoms. The van der Waals surface area contributed by atoms with Crippen molar-refractivity contribution in [1.29, 1.82) is 0 Å². The minimum Gasteiger partial charge on any atom is -0.383 e. The Balaban J connectivity index is 1.90. The average Bonchev–Trinajstić information content (AvgIpc) is 2.90. The lowest BCUT2D eigenvalue weighted by molar-refractivity contribution is -0.0464. The van der Waals surface area contributed by atoms with E-state index in [1.807, 2.05) is 0 Å². The van der Waals surface area contributed by atoms with Gasteiger partial charge in [-0.15, -0.1) is 0 Å². The van der Waals surface area contributed by atoms with Crippen LogP contribution in [0.4, 0.5) is 0 Å². The quantitative estimate of drug-likeness (QED) is 0.729. The average molecular weight is 285 g/mol. The van der Waals surface area contributed by atoms with Crippen molar-refractivity contribution in [1.82, 2.24) is 5.32 Å². The van der Waals surface area contributed by atoms with Gasteiger partial charge in [-0.25, -0.2) is 0 Å². The number of nitrogens with one attached hydrogen (secondary N) is 1. The molecule has 0 aromatic carbocycles. The van der Waals surface area contributed by atoms with E-state index < -0.39 is 0 Å². The first kappa shape index (κ1) is 16.2. The third kappa shape index (κ3) is 3.94. The molecule has 0 saturated carbocycles. The van der Waals surface area contributed by atoms with E-state index in [4.69, 9.17) is 14.2 Å². The van der Waals surface area contributed by atoms with Gasteiger partial charge >= 0.3 is 0 Å². The van der Waals surface area contributed by atoms with Gasteiger partial charge in [0.1, 0.15) is 0 Å². The maximum atomic E-state index is 6.20. The maximum absolute atomic E-state index is 6.20. The lowest BCUT2D eigenvalue weighted by atomic mass is 9.76. The predicted octanol–water partition coefficient (Wildman–Crippen LogP) is 2.37. The van der Waals surface area contributed by atoms with Crippen molar-refractivity contribution in [3.63, 3.8) is 0 Å². The highest BCUT2D eigenvalue weighted by molar-refractivity contribution is 4.95. The van der Waals surface area contributed by atoms with Gasteiger partial charge in [-0.2, -0.15) is 0 Å². The molecule has 2 fully saturated rings. The summed E-state index contributed by atoms with van der Waals surface area (Å²) in [5, 5.41) is 3.53. The summed E-state index contributed by atoms with van der Waals surface area (Å²) < 4.78 is 17.2. The summed E-state index contributed by atoms with van der Waals surface area (Å²) in [7, 11) is 1.74. The molecule has 0 aliphatic carbocycles. The molecule has 2 rings (SSSR count). The first-order valence-electron chi connectivity index (χ1n) is 7.96. The molecule has 0 aromatic rings. The van der Waals surface area contributed by atoms with Crippen molar-refractivity contribution in [2.24, 2.45) is 5.41 Å². The summed E-state index contributed by atoms with van der Waals surface area (Å²) in [5.74, 6) is 0. The Morgan fingerprint density at radius 2 is 2.10 bits per heavy atom. The predicted molar refractivity (Wildman–Crippen MR) is 80.0 cm³/mol. The van der Waals surface area contributed by atoms with Crippen molar-refractivity contribution >= 4 is 0 Å². The molecule has 3 unspecified atom stereocenters. The molecule has 2 heterocycles. The zero-order chi connectivity index (χ0) is 14.6. The van der Waals surface area contributed by atoms with E-state index in [0.717, 1.165) is 39.1 Å². The summed E-state index contributed by atoms with van der Waals surface area (Å²) >= 11 is 0. The summed E-state index contributed by atoms with van der Waals surface area (Å²) in [6.45, 7) is 10.2. The molecule has 0 amide bonds. The summed E-state index contributed by atoms with van der Waals surface area (Å²) in [5.41, 5.74) is 0.275. The van der Waals surface area contributed by atoms with Gasteiger partial charge in [0, 0.05) is 32.2 Å². The first-order chi connectivity index (χ1) is 9.47. The summed E-state index contributed by atoms with van der Waals surface area (Å²) in [6, 6.07) is 0. The van der Waals surface area contributed by atoms with Crippen molar-refractivity contribution in [2.45, 2.75) is 64.3 Å². The molecular formula is C16H31NO3. The van der Waals surface area contributed by atoms with E-state index in [1.165, 1.54) is 12.8 Å². The second kappa shape index (κ2) is 6.73. The lowest BCUT2D eigenvalue weighted by Gasteiger charge is -2.35. The third-order valence-electron chi connectivity index (χ3n) is 4.98. The number of methoxy groups -OCH3 is 1. The summed E-state index contributed by atoms with van der Waals surface area (Å²) in [4.78, 5) is 0. The third-order valence-corrected chi connectivity index (χ3v) is 4.98. The molecule has 2 aliphatic heterocycles. The SMILES string of the molecule is COCCNCC1(CC2CCC(C)(C)O2)CCOC1C. The van der Waals surface area contributed by atoms with E-state index in [-0.39, 0.29) is 11.0 Å². The highest BCUT2D eigenvalue weighted by atomic mass is 16.5. The smallest absolute Gasteiger partial charge is 0.0631 e. The second-order valence-electron chi connectivity index (χ2n) is 7.04. The number of rotatable bonds is 7. The van der Waals surface area contributed by atoms with Crippen molar-refractivity contribution in [2.75, 3.05) is 33.4 Å². The van der Waals surface area contributed by atoms with Gasteiger partial charge in [-0.3, -0.25) is 0 Å². The molecular weight excluding hydrogens is 254 g/mol. The second-order valence-corrected chi connectivity index (χ2v) is 7.04. The number of ether oxygens (including phenoxy) is 3. The highest BCUT2D eigenvalue weighted by Crippen LogP contribution is 2.43. The first-order valence-corrected chi connectivity index (χ1v) is 7.96. The van der Waals surface area contributed by atoms with Crippen LogP contribution in [0.2, 0.25) is 0 Å². The molecule has 118 valence electrons. The van der Waals surface area contributed by atoms with Crippen LogP contribution in [-0.4, -0.2) is 51.2 Å². The van der Waals surface area contributed by atoms with E-state index in [0.29, 0.717) is 12.2 Å². The van der Waals surface area contributed by atoms with Gasteiger partial charge in [0.25, 0.3) is 0 Å². The van der Waals surface area contributed by atoms with Crippen LogP contribution < -0.4 is 5.32 Å². The Hall–Kier alpha value is -0.160. The minimum atomic E-state index is 0.0536. The van der Waals surface area contributed by atoms with Gasteiger partial charge in [0.15, 0.2) is 0 Å². The van der Waals surface area contributed by atoms with E-state index in [1.54, 1.807) is 7.11 Å². The van der Waals surface area contributed by atoms with Crippen LogP contribution in [0.5, 0.6) is 0 Å². The Kier molecular flexibility index (Phi) is 5.46. The molecule has 1 N–H and O–H groups in total. The van der Waals surface area contributed by atoms with Crippen LogP contribution in [0.3, 0.4) is 0 Å². The Morgan fingerprint density at radius 1 is 1.30 bits per heavy atom. The standard InChI is InChI=1S/C16H31NO3/c1-13-16(7-9-19-13,12-17-8-10-18-4)11-14-5-6-15(2,3)20-14/h13-14,17H,5-12H2,1-4H3. The van der Waals surface area contributed by atoms with E-state index >= 15 is 0 Å². The van der Waals surface area contributed by atoms with Gasteiger partial charge in [-0.05, 0) is 46.5 Å².